The standard InChI is InChI=1S/C10H18N4O2S/c1-8-12-7-10(14-8)17(15,16)13-6-9-3-2-4-11-5-9/h7,9,11,13H,2-6H2,1H3,(H,12,14). The summed E-state index contributed by atoms with van der Waals surface area (Å²) in [6.07, 6.45) is 3.52. The summed E-state index contributed by atoms with van der Waals surface area (Å²) in [6.45, 7) is 4.12. The van der Waals surface area contributed by atoms with Gasteiger partial charge in [0.1, 0.15) is 5.82 Å². The Bertz CT molecular complexity index is 462. The molecule has 1 aromatic rings. The Morgan fingerprint density at radius 2 is 2.41 bits per heavy atom. The van der Waals surface area contributed by atoms with Gasteiger partial charge in [-0.3, -0.25) is 0 Å². The number of hydrogen-bond acceptors (Lipinski definition) is 4. The van der Waals surface area contributed by atoms with Crippen molar-refractivity contribution in [1.29, 1.82) is 0 Å². The summed E-state index contributed by atoms with van der Waals surface area (Å²) in [5.74, 6) is 0.979. The Morgan fingerprint density at radius 3 is 3.00 bits per heavy atom. The topological polar surface area (TPSA) is 86.9 Å². The van der Waals surface area contributed by atoms with Crippen LogP contribution in [0.4, 0.5) is 0 Å². The van der Waals surface area contributed by atoms with E-state index in [-0.39, 0.29) is 5.03 Å². The highest BCUT2D eigenvalue weighted by Gasteiger charge is 2.19. The third-order valence-electron chi connectivity index (χ3n) is 2.93. The molecule has 0 radical (unpaired) electrons. The molecule has 2 rings (SSSR count). The molecule has 0 aliphatic carbocycles. The Labute approximate surface area is 101 Å². The molecule has 0 spiro atoms. The van der Waals surface area contributed by atoms with Crippen LogP contribution in [0.1, 0.15) is 18.7 Å². The summed E-state index contributed by atoms with van der Waals surface area (Å²) < 4.78 is 26.4. The molecule has 1 aliphatic heterocycles. The number of aromatic nitrogens is 2. The van der Waals surface area contributed by atoms with Gasteiger partial charge in [-0.2, -0.15) is 0 Å². The van der Waals surface area contributed by atoms with Gasteiger partial charge in [-0.1, -0.05) is 0 Å². The average Bonchev–Trinajstić information content (AvgIpc) is 2.76. The Balaban J connectivity index is 1.93. The van der Waals surface area contributed by atoms with Crippen molar-refractivity contribution >= 4 is 10.0 Å². The molecule has 7 heteroatoms. The van der Waals surface area contributed by atoms with Crippen LogP contribution in [0.25, 0.3) is 0 Å². The highest BCUT2D eigenvalue weighted by molar-refractivity contribution is 7.89. The van der Waals surface area contributed by atoms with Crippen LogP contribution in [-0.2, 0) is 10.0 Å². The highest BCUT2D eigenvalue weighted by Crippen LogP contribution is 2.10. The number of aryl methyl sites for hydroxylation is 1. The number of sulfonamides is 1. The van der Waals surface area contributed by atoms with Crippen molar-refractivity contribution in [2.24, 2.45) is 5.92 Å². The maximum absolute atomic E-state index is 11.9. The normalized spacial score (nSPS) is 21.6. The summed E-state index contributed by atoms with van der Waals surface area (Å²) in [4.78, 5) is 6.62. The van der Waals surface area contributed by atoms with Gasteiger partial charge in [-0.05, 0) is 38.8 Å². The first-order valence-corrected chi connectivity index (χ1v) is 7.28. The quantitative estimate of drug-likeness (QED) is 0.709. The lowest BCUT2D eigenvalue weighted by atomic mass is 10.0. The lowest BCUT2D eigenvalue weighted by molar-refractivity contribution is 0.375. The molecule has 1 saturated heterocycles. The molecule has 0 aromatic carbocycles. The zero-order valence-electron chi connectivity index (χ0n) is 9.86. The van der Waals surface area contributed by atoms with Gasteiger partial charge in [0.05, 0.1) is 6.20 Å². The van der Waals surface area contributed by atoms with Gasteiger partial charge in [0.2, 0.25) is 0 Å². The van der Waals surface area contributed by atoms with E-state index in [4.69, 9.17) is 0 Å². The number of imidazole rings is 1. The van der Waals surface area contributed by atoms with Gasteiger partial charge >= 0.3 is 0 Å². The largest absolute Gasteiger partial charge is 0.332 e. The van der Waals surface area contributed by atoms with E-state index < -0.39 is 10.0 Å². The van der Waals surface area contributed by atoms with Crippen molar-refractivity contribution in [2.45, 2.75) is 24.8 Å². The fourth-order valence-corrected chi connectivity index (χ4v) is 3.02. The van der Waals surface area contributed by atoms with Crippen LogP contribution in [0.3, 0.4) is 0 Å². The SMILES string of the molecule is Cc1ncc(S(=O)(=O)NCC2CCCNC2)[nH]1. The Kier molecular flexibility index (Phi) is 3.80. The number of rotatable bonds is 4. The molecule has 0 saturated carbocycles. The van der Waals surface area contributed by atoms with Crippen molar-refractivity contribution in [1.82, 2.24) is 20.0 Å². The molecular weight excluding hydrogens is 240 g/mol. The number of nitrogens with one attached hydrogen (secondary N) is 3. The van der Waals surface area contributed by atoms with E-state index in [1.54, 1.807) is 6.92 Å². The number of aromatic amines is 1. The third-order valence-corrected chi connectivity index (χ3v) is 4.26. The molecule has 17 heavy (non-hydrogen) atoms. The number of piperidine rings is 1. The van der Waals surface area contributed by atoms with E-state index in [2.05, 4.69) is 20.0 Å². The average molecular weight is 258 g/mol. The van der Waals surface area contributed by atoms with Crippen LogP contribution in [-0.4, -0.2) is 38.0 Å². The van der Waals surface area contributed by atoms with Crippen molar-refractivity contribution in [3.63, 3.8) is 0 Å². The number of hydrogen-bond donors (Lipinski definition) is 3. The van der Waals surface area contributed by atoms with Crippen LogP contribution >= 0.6 is 0 Å². The molecule has 0 amide bonds. The second-order valence-corrected chi connectivity index (χ2v) is 6.13. The van der Waals surface area contributed by atoms with Gasteiger partial charge in [0.25, 0.3) is 10.0 Å². The first kappa shape index (κ1) is 12.5. The highest BCUT2D eigenvalue weighted by atomic mass is 32.2. The van der Waals surface area contributed by atoms with Crippen LogP contribution in [0.5, 0.6) is 0 Å². The lowest BCUT2D eigenvalue weighted by Crippen LogP contribution is -2.38. The summed E-state index contributed by atoms with van der Waals surface area (Å²) in [6, 6.07) is 0. The van der Waals surface area contributed by atoms with E-state index in [1.807, 2.05) is 0 Å². The van der Waals surface area contributed by atoms with Crippen LogP contribution < -0.4 is 10.0 Å². The zero-order valence-corrected chi connectivity index (χ0v) is 10.7. The lowest BCUT2D eigenvalue weighted by Gasteiger charge is -2.22. The first-order chi connectivity index (χ1) is 8.08. The van der Waals surface area contributed by atoms with E-state index in [0.717, 1.165) is 25.9 Å². The summed E-state index contributed by atoms with van der Waals surface area (Å²) in [5, 5.41) is 3.40. The molecule has 3 N–H and O–H groups in total. The molecule has 6 nitrogen and oxygen atoms in total. The monoisotopic (exact) mass is 258 g/mol. The Hall–Kier alpha value is -0.920. The second-order valence-electron chi connectivity index (χ2n) is 4.40. The van der Waals surface area contributed by atoms with E-state index in [0.29, 0.717) is 18.3 Å². The molecule has 1 fully saturated rings. The molecule has 2 heterocycles. The van der Waals surface area contributed by atoms with Gasteiger partial charge in [-0.25, -0.2) is 18.1 Å². The molecule has 1 aromatic heterocycles. The van der Waals surface area contributed by atoms with Crippen LogP contribution in [0.15, 0.2) is 11.2 Å². The minimum absolute atomic E-state index is 0.138. The summed E-state index contributed by atoms with van der Waals surface area (Å²) in [7, 11) is -3.43. The summed E-state index contributed by atoms with van der Waals surface area (Å²) >= 11 is 0. The predicted molar refractivity (Wildman–Crippen MR) is 64.1 cm³/mol. The molecule has 0 bridgehead atoms. The molecular formula is C10H18N4O2S. The van der Waals surface area contributed by atoms with Crippen LogP contribution in [0.2, 0.25) is 0 Å². The molecule has 1 aliphatic rings. The first-order valence-electron chi connectivity index (χ1n) is 5.80. The maximum Gasteiger partial charge on any atom is 0.257 e. The van der Waals surface area contributed by atoms with Crippen molar-refractivity contribution in [3.8, 4) is 0 Å². The molecule has 1 unspecified atom stereocenters. The van der Waals surface area contributed by atoms with E-state index in [1.165, 1.54) is 6.20 Å². The van der Waals surface area contributed by atoms with Gasteiger partial charge < -0.3 is 10.3 Å². The van der Waals surface area contributed by atoms with Crippen molar-refractivity contribution in [3.05, 3.63) is 12.0 Å². The van der Waals surface area contributed by atoms with Gasteiger partial charge in [0, 0.05) is 6.54 Å². The summed E-state index contributed by atoms with van der Waals surface area (Å²) in [5.41, 5.74) is 0. The number of H-pyrrole nitrogens is 1. The Morgan fingerprint density at radius 1 is 1.59 bits per heavy atom. The number of nitrogens with zero attached hydrogens (tertiary/aromatic N) is 1. The van der Waals surface area contributed by atoms with E-state index in [9.17, 15) is 8.42 Å². The smallest absolute Gasteiger partial charge is 0.257 e. The second kappa shape index (κ2) is 5.16. The minimum atomic E-state index is -3.43. The minimum Gasteiger partial charge on any atom is -0.332 e. The van der Waals surface area contributed by atoms with Gasteiger partial charge in [-0.15, -0.1) is 0 Å². The van der Waals surface area contributed by atoms with Crippen molar-refractivity contribution in [2.75, 3.05) is 19.6 Å². The van der Waals surface area contributed by atoms with Gasteiger partial charge in [0.15, 0.2) is 5.03 Å². The molecule has 96 valence electrons. The zero-order chi connectivity index (χ0) is 12.3. The van der Waals surface area contributed by atoms with E-state index >= 15 is 0 Å². The van der Waals surface area contributed by atoms with Crippen molar-refractivity contribution < 1.29 is 8.42 Å². The fourth-order valence-electron chi connectivity index (χ4n) is 1.94. The maximum atomic E-state index is 11.9. The fraction of sp³-hybridized carbons (Fsp3) is 0.700. The third kappa shape index (κ3) is 3.27. The van der Waals surface area contributed by atoms with Crippen LogP contribution in [0, 0.1) is 12.8 Å². The molecule has 1 atom stereocenters. The predicted octanol–water partition coefficient (Wildman–Crippen LogP) is -0.00398.